The number of ether oxygens (including phenoxy) is 1. The Labute approximate surface area is 88.2 Å². The molecule has 0 amide bonds. The lowest BCUT2D eigenvalue weighted by Crippen LogP contribution is -1.96. The monoisotopic (exact) mass is 242 g/mol. The van der Waals surface area contributed by atoms with E-state index in [2.05, 4.69) is 35.8 Å². The second-order valence-corrected chi connectivity index (χ2v) is 3.91. The molecule has 0 bridgehead atoms. The minimum absolute atomic E-state index is 0.982. The summed E-state index contributed by atoms with van der Waals surface area (Å²) in [5.41, 5.74) is 4.00. The maximum atomic E-state index is 5.25. The quantitative estimate of drug-likeness (QED) is 0.740. The van der Waals surface area contributed by atoms with Crippen LogP contribution in [0.1, 0.15) is 16.7 Å². The van der Waals surface area contributed by atoms with Crippen LogP contribution in [0.4, 0.5) is 0 Å². The summed E-state index contributed by atoms with van der Waals surface area (Å²) >= 11 is 3.45. The van der Waals surface area contributed by atoms with Gasteiger partial charge < -0.3 is 4.74 Å². The molecule has 0 aliphatic rings. The van der Waals surface area contributed by atoms with Crippen LogP contribution in [0, 0.1) is 13.8 Å². The molecule has 0 aliphatic heterocycles. The number of alkyl halides is 1. The zero-order valence-corrected chi connectivity index (χ0v) is 9.94. The van der Waals surface area contributed by atoms with Crippen molar-refractivity contribution in [1.29, 1.82) is 0 Å². The smallest absolute Gasteiger partial charge is 0.122 e. The van der Waals surface area contributed by atoms with E-state index in [0.29, 0.717) is 0 Å². The third kappa shape index (κ3) is 2.25. The highest BCUT2D eigenvalue weighted by atomic mass is 79.9. The fourth-order valence-electron chi connectivity index (χ4n) is 1.45. The second-order valence-electron chi connectivity index (χ2n) is 3.12. The fraction of sp³-hybridized carbons (Fsp3) is 0.455. The SMILES string of the molecule is COc1ccc(CCBr)c(C)c1C. The Morgan fingerprint density at radius 2 is 1.92 bits per heavy atom. The molecule has 0 saturated heterocycles. The van der Waals surface area contributed by atoms with Crippen LogP contribution in [0.2, 0.25) is 0 Å². The Morgan fingerprint density at radius 3 is 2.46 bits per heavy atom. The number of hydrogen-bond acceptors (Lipinski definition) is 1. The van der Waals surface area contributed by atoms with Crippen molar-refractivity contribution in [1.82, 2.24) is 0 Å². The van der Waals surface area contributed by atoms with E-state index in [4.69, 9.17) is 4.74 Å². The van der Waals surface area contributed by atoms with E-state index in [1.165, 1.54) is 16.7 Å². The van der Waals surface area contributed by atoms with Crippen LogP contribution in [-0.4, -0.2) is 12.4 Å². The molecule has 1 aromatic rings. The van der Waals surface area contributed by atoms with Gasteiger partial charge in [0.2, 0.25) is 0 Å². The summed E-state index contributed by atoms with van der Waals surface area (Å²) in [4.78, 5) is 0. The van der Waals surface area contributed by atoms with Gasteiger partial charge in [-0.05, 0) is 43.0 Å². The molecule has 0 aliphatic carbocycles. The van der Waals surface area contributed by atoms with E-state index in [1.54, 1.807) is 7.11 Å². The first-order chi connectivity index (χ1) is 6.20. The molecule has 1 rings (SSSR count). The fourth-order valence-corrected chi connectivity index (χ4v) is 1.87. The zero-order valence-electron chi connectivity index (χ0n) is 8.36. The summed E-state index contributed by atoms with van der Waals surface area (Å²) in [5.74, 6) is 0.982. The van der Waals surface area contributed by atoms with E-state index in [1.807, 2.05) is 6.07 Å². The van der Waals surface area contributed by atoms with Gasteiger partial charge >= 0.3 is 0 Å². The molecule has 72 valence electrons. The average Bonchev–Trinajstić information content (AvgIpc) is 2.14. The molecule has 0 saturated carbocycles. The average molecular weight is 243 g/mol. The predicted molar refractivity (Wildman–Crippen MR) is 60.0 cm³/mol. The normalized spacial score (nSPS) is 10.2. The van der Waals surface area contributed by atoms with Crippen LogP contribution in [0.15, 0.2) is 12.1 Å². The lowest BCUT2D eigenvalue weighted by Gasteiger charge is -2.11. The van der Waals surface area contributed by atoms with Gasteiger partial charge in [-0.15, -0.1) is 0 Å². The van der Waals surface area contributed by atoms with Crippen molar-refractivity contribution in [3.05, 3.63) is 28.8 Å². The number of methoxy groups -OCH3 is 1. The molecule has 0 radical (unpaired) electrons. The van der Waals surface area contributed by atoms with Gasteiger partial charge in [0.1, 0.15) is 5.75 Å². The highest BCUT2D eigenvalue weighted by Crippen LogP contribution is 2.24. The number of rotatable bonds is 3. The molecule has 0 aromatic heterocycles. The van der Waals surface area contributed by atoms with Crippen LogP contribution in [-0.2, 0) is 6.42 Å². The number of hydrogen-bond donors (Lipinski definition) is 0. The topological polar surface area (TPSA) is 9.23 Å². The zero-order chi connectivity index (χ0) is 9.84. The van der Waals surface area contributed by atoms with Gasteiger partial charge in [0, 0.05) is 5.33 Å². The van der Waals surface area contributed by atoms with Crippen molar-refractivity contribution in [2.45, 2.75) is 20.3 Å². The molecular formula is C11H15BrO. The van der Waals surface area contributed by atoms with Crippen LogP contribution >= 0.6 is 15.9 Å². The number of benzene rings is 1. The maximum absolute atomic E-state index is 5.25. The first-order valence-electron chi connectivity index (χ1n) is 4.39. The van der Waals surface area contributed by atoms with Gasteiger partial charge in [-0.25, -0.2) is 0 Å². The van der Waals surface area contributed by atoms with Crippen molar-refractivity contribution in [2.24, 2.45) is 0 Å². The summed E-state index contributed by atoms with van der Waals surface area (Å²) in [6, 6.07) is 4.18. The highest BCUT2D eigenvalue weighted by Gasteiger charge is 2.05. The molecule has 1 nitrogen and oxygen atoms in total. The van der Waals surface area contributed by atoms with Gasteiger partial charge in [0.25, 0.3) is 0 Å². The third-order valence-electron chi connectivity index (χ3n) is 2.43. The van der Waals surface area contributed by atoms with Crippen LogP contribution in [0.3, 0.4) is 0 Å². The van der Waals surface area contributed by atoms with Gasteiger partial charge in [-0.2, -0.15) is 0 Å². The molecule has 0 atom stereocenters. The summed E-state index contributed by atoms with van der Waals surface area (Å²) in [5, 5.41) is 1.01. The highest BCUT2D eigenvalue weighted by molar-refractivity contribution is 9.09. The summed E-state index contributed by atoms with van der Waals surface area (Å²) in [6.07, 6.45) is 1.08. The standard InChI is InChI=1S/C11H15BrO/c1-8-9(2)11(13-3)5-4-10(8)6-7-12/h4-5H,6-7H2,1-3H3. The summed E-state index contributed by atoms with van der Waals surface area (Å²) in [7, 11) is 1.71. The Bertz CT molecular complexity index is 294. The van der Waals surface area contributed by atoms with Crippen LogP contribution in [0.25, 0.3) is 0 Å². The van der Waals surface area contributed by atoms with Crippen molar-refractivity contribution in [3.63, 3.8) is 0 Å². The molecular weight excluding hydrogens is 228 g/mol. The molecule has 0 N–H and O–H groups in total. The molecule has 2 heteroatoms. The summed E-state index contributed by atoms with van der Waals surface area (Å²) in [6.45, 7) is 4.25. The number of aryl methyl sites for hydroxylation is 1. The Kier molecular flexibility index (Phi) is 3.79. The first-order valence-corrected chi connectivity index (χ1v) is 5.52. The minimum Gasteiger partial charge on any atom is -0.496 e. The molecule has 0 spiro atoms. The van der Waals surface area contributed by atoms with Crippen molar-refractivity contribution < 1.29 is 4.74 Å². The Balaban J connectivity index is 3.07. The molecule has 1 aromatic carbocycles. The van der Waals surface area contributed by atoms with E-state index in [-0.39, 0.29) is 0 Å². The molecule has 0 fully saturated rings. The van der Waals surface area contributed by atoms with Crippen molar-refractivity contribution >= 4 is 15.9 Å². The maximum Gasteiger partial charge on any atom is 0.122 e. The van der Waals surface area contributed by atoms with Crippen LogP contribution < -0.4 is 4.74 Å². The van der Waals surface area contributed by atoms with Gasteiger partial charge in [0.15, 0.2) is 0 Å². The largest absolute Gasteiger partial charge is 0.496 e. The van der Waals surface area contributed by atoms with E-state index in [9.17, 15) is 0 Å². The first kappa shape index (κ1) is 10.6. The van der Waals surface area contributed by atoms with Gasteiger partial charge in [-0.3, -0.25) is 0 Å². The van der Waals surface area contributed by atoms with E-state index >= 15 is 0 Å². The lowest BCUT2D eigenvalue weighted by atomic mass is 10.0. The Hall–Kier alpha value is -0.500. The molecule has 13 heavy (non-hydrogen) atoms. The van der Waals surface area contributed by atoms with Crippen molar-refractivity contribution in [3.8, 4) is 5.75 Å². The van der Waals surface area contributed by atoms with Gasteiger partial charge in [0.05, 0.1) is 7.11 Å². The lowest BCUT2D eigenvalue weighted by molar-refractivity contribution is 0.411. The molecule has 0 heterocycles. The van der Waals surface area contributed by atoms with E-state index < -0.39 is 0 Å². The minimum atomic E-state index is 0.982. The van der Waals surface area contributed by atoms with Crippen molar-refractivity contribution in [2.75, 3.05) is 12.4 Å². The van der Waals surface area contributed by atoms with Gasteiger partial charge in [-0.1, -0.05) is 22.0 Å². The second kappa shape index (κ2) is 4.66. The predicted octanol–water partition coefficient (Wildman–Crippen LogP) is 3.25. The molecule has 0 unspecified atom stereocenters. The number of halogens is 1. The third-order valence-corrected chi connectivity index (χ3v) is 2.83. The Morgan fingerprint density at radius 1 is 1.23 bits per heavy atom. The van der Waals surface area contributed by atoms with E-state index in [0.717, 1.165) is 17.5 Å². The summed E-state index contributed by atoms with van der Waals surface area (Å²) < 4.78 is 5.25. The van der Waals surface area contributed by atoms with Crippen LogP contribution in [0.5, 0.6) is 5.75 Å².